The Morgan fingerprint density at radius 1 is 1.46 bits per heavy atom. The Bertz CT molecular complexity index is 686. The zero-order valence-corrected chi connectivity index (χ0v) is 14.6. The van der Waals surface area contributed by atoms with Crippen LogP contribution in [0.15, 0.2) is 24.3 Å². The number of H-pyrrole nitrogens is 1. The molecule has 1 amide bonds. The van der Waals surface area contributed by atoms with E-state index in [1.165, 1.54) is 0 Å². The minimum absolute atomic E-state index is 0.116. The molecule has 0 radical (unpaired) electrons. The number of likely N-dealkylation sites (tertiary alicyclic amines) is 1. The average molecular weight is 330 g/mol. The molecule has 3 rings (SSSR count). The van der Waals surface area contributed by atoms with Gasteiger partial charge in [-0.1, -0.05) is 12.1 Å². The van der Waals surface area contributed by atoms with Crippen molar-refractivity contribution < 1.29 is 9.53 Å². The van der Waals surface area contributed by atoms with Crippen LogP contribution in [-0.2, 0) is 4.74 Å². The summed E-state index contributed by atoms with van der Waals surface area (Å²) in [4.78, 5) is 22.1. The Balaban J connectivity index is 1.72. The molecule has 24 heavy (non-hydrogen) atoms. The number of para-hydroxylation sites is 2. The standard InChI is InChI=1S/C18H26N4O2/c1-18(2,3)24-17(23)22-9-8-12(11-22)13(10-19)16-20-14-6-4-5-7-15(14)21-16/h4-7,12-13H,8-11,19H2,1-3H3,(H,20,21). The molecule has 6 nitrogen and oxygen atoms in total. The number of hydrogen-bond acceptors (Lipinski definition) is 4. The number of amides is 1. The normalized spacial score (nSPS) is 19.7. The Labute approximate surface area is 142 Å². The molecule has 6 heteroatoms. The van der Waals surface area contributed by atoms with Gasteiger partial charge in [-0.2, -0.15) is 0 Å². The fourth-order valence-corrected chi connectivity index (χ4v) is 3.28. The maximum atomic E-state index is 12.2. The summed E-state index contributed by atoms with van der Waals surface area (Å²) < 4.78 is 5.47. The number of rotatable bonds is 3. The molecule has 1 fully saturated rings. The summed E-state index contributed by atoms with van der Waals surface area (Å²) in [6.07, 6.45) is 0.670. The van der Waals surface area contributed by atoms with Gasteiger partial charge in [-0.15, -0.1) is 0 Å². The molecule has 1 aromatic carbocycles. The van der Waals surface area contributed by atoms with E-state index in [1.54, 1.807) is 4.90 Å². The quantitative estimate of drug-likeness (QED) is 0.906. The number of fused-ring (bicyclic) bond motifs is 1. The number of nitrogens with one attached hydrogen (secondary N) is 1. The molecule has 2 unspecified atom stereocenters. The zero-order valence-electron chi connectivity index (χ0n) is 14.6. The summed E-state index contributed by atoms with van der Waals surface area (Å²) in [5.41, 5.74) is 7.54. The first-order valence-corrected chi connectivity index (χ1v) is 8.50. The van der Waals surface area contributed by atoms with Gasteiger partial charge in [0.15, 0.2) is 0 Å². The van der Waals surface area contributed by atoms with Crippen LogP contribution in [0.25, 0.3) is 11.0 Å². The van der Waals surface area contributed by atoms with Crippen LogP contribution < -0.4 is 5.73 Å². The van der Waals surface area contributed by atoms with Gasteiger partial charge in [0.1, 0.15) is 11.4 Å². The fraction of sp³-hybridized carbons (Fsp3) is 0.556. The smallest absolute Gasteiger partial charge is 0.410 e. The van der Waals surface area contributed by atoms with E-state index >= 15 is 0 Å². The number of imidazole rings is 1. The molecule has 130 valence electrons. The number of nitrogens with two attached hydrogens (primary N) is 1. The van der Waals surface area contributed by atoms with Gasteiger partial charge in [0, 0.05) is 25.6 Å². The summed E-state index contributed by atoms with van der Waals surface area (Å²) in [5.74, 6) is 1.32. The largest absolute Gasteiger partial charge is 0.444 e. The molecule has 3 N–H and O–H groups in total. The third-order valence-electron chi connectivity index (χ3n) is 4.46. The molecule has 1 aliphatic rings. The number of carbonyl (C=O) groups excluding carboxylic acids is 1. The lowest BCUT2D eigenvalue weighted by Gasteiger charge is -2.25. The van der Waals surface area contributed by atoms with E-state index in [0.717, 1.165) is 23.3 Å². The topological polar surface area (TPSA) is 84.2 Å². The predicted octanol–water partition coefficient (Wildman–Crippen LogP) is 2.86. The zero-order chi connectivity index (χ0) is 17.3. The number of ether oxygens (including phenoxy) is 1. The lowest BCUT2D eigenvalue weighted by atomic mass is 9.91. The SMILES string of the molecule is CC(C)(C)OC(=O)N1CCC(C(CN)c2nc3ccccc3[nH]2)C1. The van der Waals surface area contributed by atoms with E-state index in [9.17, 15) is 4.79 Å². The third-order valence-corrected chi connectivity index (χ3v) is 4.46. The van der Waals surface area contributed by atoms with Crippen LogP contribution >= 0.6 is 0 Å². The highest BCUT2D eigenvalue weighted by atomic mass is 16.6. The van der Waals surface area contributed by atoms with Crippen LogP contribution in [0, 0.1) is 5.92 Å². The predicted molar refractivity (Wildman–Crippen MR) is 93.8 cm³/mol. The van der Waals surface area contributed by atoms with Gasteiger partial charge in [-0.3, -0.25) is 0 Å². The summed E-state index contributed by atoms with van der Waals surface area (Å²) >= 11 is 0. The van der Waals surface area contributed by atoms with Gasteiger partial charge in [0.25, 0.3) is 0 Å². The Kier molecular flexibility index (Phi) is 4.49. The molecule has 2 aromatic rings. The van der Waals surface area contributed by atoms with Crippen LogP contribution in [0.2, 0.25) is 0 Å². The van der Waals surface area contributed by atoms with Crippen LogP contribution in [0.5, 0.6) is 0 Å². The third kappa shape index (κ3) is 3.53. The molecule has 0 spiro atoms. The van der Waals surface area contributed by atoms with Gasteiger partial charge < -0.3 is 20.4 Å². The van der Waals surface area contributed by atoms with Crippen molar-refractivity contribution in [3.63, 3.8) is 0 Å². The van der Waals surface area contributed by atoms with Crippen molar-refractivity contribution in [1.29, 1.82) is 0 Å². The number of aromatic amines is 1. The lowest BCUT2D eigenvalue weighted by Crippen LogP contribution is -2.36. The molecule has 0 aliphatic carbocycles. The highest BCUT2D eigenvalue weighted by molar-refractivity contribution is 5.74. The minimum atomic E-state index is -0.471. The molecule has 0 saturated carbocycles. The van der Waals surface area contributed by atoms with Crippen molar-refractivity contribution >= 4 is 17.1 Å². The summed E-state index contributed by atoms with van der Waals surface area (Å²) in [6.45, 7) is 7.53. The van der Waals surface area contributed by atoms with E-state index in [1.807, 2.05) is 45.0 Å². The van der Waals surface area contributed by atoms with Crippen LogP contribution in [0.4, 0.5) is 4.79 Å². The average Bonchev–Trinajstić information content (AvgIpc) is 3.13. The second-order valence-corrected chi connectivity index (χ2v) is 7.46. The Morgan fingerprint density at radius 3 is 2.88 bits per heavy atom. The van der Waals surface area contributed by atoms with Gasteiger partial charge in [0.2, 0.25) is 0 Å². The van der Waals surface area contributed by atoms with Crippen molar-refractivity contribution in [1.82, 2.24) is 14.9 Å². The second-order valence-electron chi connectivity index (χ2n) is 7.46. The summed E-state index contributed by atoms with van der Waals surface area (Å²) in [5, 5.41) is 0. The molecule has 2 heterocycles. The molecule has 1 aromatic heterocycles. The minimum Gasteiger partial charge on any atom is -0.444 e. The first-order valence-electron chi connectivity index (χ1n) is 8.50. The fourth-order valence-electron chi connectivity index (χ4n) is 3.28. The van der Waals surface area contributed by atoms with Crippen LogP contribution in [0.1, 0.15) is 38.9 Å². The van der Waals surface area contributed by atoms with Gasteiger partial charge in [0.05, 0.1) is 11.0 Å². The maximum Gasteiger partial charge on any atom is 0.410 e. The van der Waals surface area contributed by atoms with Crippen LogP contribution in [-0.4, -0.2) is 46.2 Å². The molecular formula is C18H26N4O2. The van der Waals surface area contributed by atoms with Crippen molar-refractivity contribution in [3.05, 3.63) is 30.1 Å². The Hall–Kier alpha value is -2.08. The van der Waals surface area contributed by atoms with Crippen LogP contribution in [0.3, 0.4) is 0 Å². The van der Waals surface area contributed by atoms with Gasteiger partial charge in [-0.05, 0) is 45.2 Å². The lowest BCUT2D eigenvalue weighted by molar-refractivity contribution is 0.0286. The molecular weight excluding hydrogens is 304 g/mol. The van der Waals surface area contributed by atoms with Crippen molar-refractivity contribution in [3.8, 4) is 0 Å². The molecule has 0 bridgehead atoms. The van der Waals surface area contributed by atoms with Gasteiger partial charge >= 0.3 is 6.09 Å². The van der Waals surface area contributed by atoms with E-state index in [2.05, 4.69) is 9.97 Å². The van der Waals surface area contributed by atoms with E-state index < -0.39 is 5.60 Å². The Morgan fingerprint density at radius 2 is 2.21 bits per heavy atom. The first kappa shape index (κ1) is 16.8. The molecule has 1 saturated heterocycles. The van der Waals surface area contributed by atoms with E-state index in [-0.39, 0.29) is 12.0 Å². The second kappa shape index (κ2) is 6.43. The van der Waals surface area contributed by atoms with Crippen molar-refractivity contribution in [2.75, 3.05) is 19.6 Å². The molecule has 2 atom stereocenters. The summed E-state index contributed by atoms with van der Waals surface area (Å²) in [6, 6.07) is 7.97. The number of hydrogen-bond donors (Lipinski definition) is 2. The number of nitrogens with zero attached hydrogens (tertiary/aromatic N) is 2. The van der Waals surface area contributed by atoms with E-state index in [0.29, 0.717) is 25.6 Å². The number of aromatic nitrogens is 2. The monoisotopic (exact) mass is 330 g/mol. The highest BCUT2D eigenvalue weighted by Gasteiger charge is 2.35. The maximum absolute atomic E-state index is 12.2. The molecule has 1 aliphatic heterocycles. The van der Waals surface area contributed by atoms with Crippen molar-refractivity contribution in [2.24, 2.45) is 11.7 Å². The van der Waals surface area contributed by atoms with Gasteiger partial charge in [-0.25, -0.2) is 9.78 Å². The number of carbonyl (C=O) groups is 1. The first-order chi connectivity index (χ1) is 11.4. The summed E-state index contributed by atoms with van der Waals surface area (Å²) in [7, 11) is 0. The van der Waals surface area contributed by atoms with Crippen molar-refractivity contribution in [2.45, 2.75) is 38.7 Å². The number of benzene rings is 1. The highest BCUT2D eigenvalue weighted by Crippen LogP contribution is 2.31. The van der Waals surface area contributed by atoms with E-state index in [4.69, 9.17) is 10.5 Å².